The number of amidine groups is 1. The minimum atomic E-state index is -0.419. The Morgan fingerprint density at radius 3 is 2.84 bits per heavy atom. The number of hydrogen-bond acceptors (Lipinski definition) is 4. The van der Waals surface area contributed by atoms with Crippen LogP contribution in [0.1, 0.15) is 24.0 Å². The average molecular weight is 267 g/mol. The maximum Gasteiger partial charge on any atom is 0.170 e. The summed E-state index contributed by atoms with van der Waals surface area (Å²) in [6.07, 6.45) is 1.80. The smallest absolute Gasteiger partial charge is 0.170 e. The number of nitrogens with one attached hydrogen (secondary N) is 1. The highest BCUT2D eigenvalue weighted by Gasteiger charge is 2.29. The lowest BCUT2D eigenvalue weighted by atomic mass is 10.1. The van der Waals surface area contributed by atoms with Gasteiger partial charge in [0, 0.05) is 24.2 Å². The van der Waals surface area contributed by atoms with Crippen LogP contribution in [0.25, 0.3) is 0 Å². The molecule has 1 aliphatic rings. The van der Waals surface area contributed by atoms with Gasteiger partial charge in [-0.3, -0.25) is 0 Å². The molecule has 0 bridgehead atoms. The second kappa shape index (κ2) is 5.99. The zero-order valence-electron chi connectivity index (χ0n) is 10.5. The standard InChI is InChI=1S/C13H18FN3O2/c14-11-5-9(13(15)17-19)3-4-10(11)6-16-7-12(18)8-1-2-8/h3-5,8,12,16,18-19H,1-2,6-7H2,(H2,15,17). The molecule has 104 valence electrons. The summed E-state index contributed by atoms with van der Waals surface area (Å²) in [4.78, 5) is 0. The van der Waals surface area contributed by atoms with Crippen LogP contribution in [0.3, 0.4) is 0 Å². The first-order chi connectivity index (χ1) is 9.11. The van der Waals surface area contributed by atoms with E-state index >= 15 is 0 Å². The Kier molecular flexibility index (Phi) is 4.34. The Balaban J connectivity index is 1.89. The Hall–Kier alpha value is -1.66. The van der Waals surface area contributed by atoms with E-state index in [4.69, 9.17) is 10.9 Å². The van der Waals surface area contributed by atoms with E-state index < -0.39 is 5.82 Å². The number of aliphatic hydroxyl groups excluding tert-OH is 1. The van der Waals surface area contributed by atoms with Gasteiger partial charge < -0.3 is 21.4 Å². The van der Waals surface area contributed by atoms with Crippen LogP contribution in [-0.4, -0.2) is 28.8 Å². The second-order valence-electron chi connectivity index (χ2n) is 4.83. The summed E-state index contributed by atoms with van der Waals surface area (Å²) in [6.45, 7) is 0.804. The number of oxime groups is 1. The van der Waals surface area contributed by atoms with E-state index in [2.05, 4.69) is 10.5 Å². The van der Waals surface area contributed by atoms with E-state index in [1.54, 1.807) is 12.1 Å². The van der Waals surface area contributed by atoms with Crippen LogP contribution >= 0.6 is 0 Å². The van der Waals surface area contributed by atoms with E-state index in [1.807, 2.05) is 0 Å². The first kappa shape index (κ1) is 13.8. The Morgan fingerprint density at radius 1 is 1.53 bits per heavy atom. The lowest BCUT2D eigenvalue weighted by Crippen LogP contribution is -2.28. The first-order valence-electron chi connectivity index (χ1n) is 6.27. The van der Waals surface area contributed by atoms with Crippen molar-refractivity contribution in [3.63, 3.8) is 0 Å². The molecular formula is C13H18FN3O2. The Morgan fingerprint density at radius 2 is 2.26 bits per heavy atom. The molecule has 1 aromatic rings. The normalized spacial score (nSPS) is 17.5. The van der Waals surface area contributed by atoms with E-state index in [9.17, 15) is 9.50 Å². The minimum absolute atomic E-state index is 0.123. The number of nitrogens with two attached hydrogens (primary N) is 1. The van der Waals surface area contributed by atoms with Gasteiger partial charge in [-0.25, -0.2) is 4.39 Å². The number of nitrogens with zero attached hydrogens (tertiary/aromatic N) is 1. The molecule has 1 fully saturated rings. The van der Waals surface area contributed by atoms with Crippen molar-refractivity contribution in [2.75, 3.05) is 6.54 Å². The molecule has 2 rings (SSSR count). The van der Waals surface area contributed by atoms with Crippen LogP contribution in [0.15, 0.2) is 23.4 Å². The molecular weight excluding hydrogens is 249 g/mol. The topological polar surface area (TPSA) is 90.9 Å². The molecule has 1 unspecified atom stereocenters. The lowest BCUT2D eigenvalue weighted by Gasteiger charge is -2.11. The van der Waals surface area contributed by atoms with Crippen molar-refractivity contribution < 1.29 is 14.7 Å². The highest BCUT2D eigenvalue weighted by molar-refractivity contribution is 5.97. The number of aliphatic hydroxyl groups is 1. The number of hydrogen-bond donors (Lipinski definition) is 4. The van der Waals surface area contributed by atoms with Gasteiger partial charge in [0.2, 0.25) is 0 Å². The lowest BCUT2D eigenvalue weighted by molar-refractivity contribution is 0.148. The van der Waals surface area contributed by atoms with Crippen molar-refractivity contribution in [1.29, 1.82) is 0 Å². The number of benzene rings is 1. The molecule has 0 radical (unpaired) electrons. The molecule has 19 heavy (non-hydrogen) atoms. The van der Waals surface area contributed by atoms with Crippen molar-refractivity contribution in [2.24, 2.45) is 16.8 Å². The molecule has 5 N–H and O–H groups in total. The predicted octanol–water partition coefficient (Wildman–Crippen LogP) is 0.781. The molecule has 1 aliphatic carbocycles. The fourth-order valence-corrected chi connectivity index (χ4v) is 1.91. The fourth-order valence-electron chi connectivity index (χ4n) is 1.91. The maximum absolute atomic E-state index is 13.7. The third-order valence-electron chi connectivity index (χ3n) is 3.29. The summed E-state index contributed by atoms with van der Waals surface area (Å²) in [5.41, 5.74) is 6.20. The van der Waals surface area contributed by atoms with Gasteiger partial charge in [-0.15, -0.1) is 0 Å². The Bertz CT molecular complexity index is 475. The van der Waals surface area contributed by atoms with Crippen molar-refractivity contribution >= 4 is 5.84 Å². The zero-order chi connectivity index (χ0) is 13.8. The summed E-state index contributed by atoms with van der Waals surface area (Å²) >= 11 is 0. The SMILES string of the molecule is NC(=NO)c1ccc(CNCC(O)C2CC2)c(F)c1. The molecule has 0 aromatic heterocycles. The summed E-state index contributed by atoms with van der Waals surface area (Å²) in [7, 11) is 0. The molecule has 0 heterocycles. The molecule has 0 saturated heterocycles. The molecule has 1 saturated carbocycles. The van der Waals surface area contributed by atoms with Gasteiger partial charge in [0.15, 0.2) is 5.84 Å². The van der Waals surface area contributed by atoms with Crippen LogP contribution in [0.5, 0.6) is 0 Å². The van der Waals surface area contributed by atoms with Crippen molar-refractivity contribution in [3.05, 3.63) is 35.1 Å². The quantitative estimate of drug-likeness (QED) is 0.265. The molecule has 0 aliphatic heterocycles. The molecule has 0 spiro atoms. The van der Waals surface area contributed by atoms with Gasteiger partial charge in [-0.2, -0.15) is 0 Å². The molecule has 0 amide bonds. The van der Waals surface area contributed by atoms with Crippen LogP contribution in [0.4, 0.5) is 4.39 Å². The van der Waals surface area contributed by atoms with Crippen molar-refractivity contribution in [1.82, 2.24) is 5.32 Å². The largest absolute Gasteiger partial charge is 0.409 e. The van der Waals surface area contributed by atoms with E-state index in [1.165, 1.54) is 6.07 Å². The first-order valence-corrected chi connectivity index (χ1v) is 6.27. The summed E-state index contributed by atoms with van der Waals surface area (Å²) in [5.74, 6) is -0.139. The third-order valence-corrected chi connectivity index (χ3v) is 3.29. The molecule has 5 nitrogen and oxygen atoms in total. The van der Waals surface area contributed by atoms with Crippen LogP contribution in [0, 0.1) is 11.7 Å². The van der Waals surface area contributed by atoms with E-state index in [0.29, 0.717) is 30.1 Å². The number of halogens is 1. The zero-order valence-corrected chi connectivity index (χ0v) is 10.5. The van der Waals surface area contributed by atoms with Gasteiger partial charge in [0.1, 0.15) is 5.82 Å². The van der Waals surface area contributed by atoms with Crippen LogP contribution in [0.2, 0.25) is 0 Å². The molecule has 1 aromatic carbocycles. The summed E-state index contributed by atoms with van der Waals surface area (Å²) in [5, 5.41) is 24.0. The third kappa shape index (κ3) is 3.65. The highest BCUT2D eigenvalue weighted by atomic mass is 19.1. The summed E-state index contributed by atoms with van der Waals surface area (Å²) < 4.78 is 13.7. The van der Waals surface area contributed by atoms with Gasteiger partial charge in [0.25, 0.3) is 0 Å². The van der Waals surface area contributed by atoms with Crippen LogP contribution in [-0.2, 0) is 6.54 Å². The van der Waals surface area contributed by atoms with Gasteiger partial charge in [-0.1, -0.05) is 17.3 Å². The van der Waals surface area contributed by atoms with Gasteiger partial charge in [-0.05, 0) is 24.8 Å². The molecule has 6 heteroatoms. The Labute approximate surface area is 110 Å². The highest BCUT2D eigenvalue weighted by Crippen LogP contribution is 2.32. The van der Waals surface area contributed by atoms with Crippen LogP contribution < -0.4 is 11.1 Å². The van der Waals surface area contributed by atoms with E-state index in [0.717, 1.165) is 12.8 Å². The van der Waals surface area contributed by atoms with Gasteiger partial charge in [0.05, 0.1) is 6.10 Å². The summed E-state index contributed by atoms with van der Waals surface area (Å²) in [6, 6.07) is 4.40. The van der Waals surface area contributed by atoms with Gasteiger partial charge >= 0.3 is 0 Å². The minimum Gasteiger partial charge on any atom is -0.409 e. The van der Waals surface area contributed by atoms with Crippen molar-refractivity contribution in [2.45, 2.75) is 25.5 Å². The van der Waals surface area contributed by atoms with E-state index in [-0.39, 0.29) is 11.9 Å². The average Bonchev–Trinajstić information content (AvgIpc) is 3.23. The number of rotatable bonds is 6. The maximum atomic E-state index is 13.7. The molecule has 1 atom stereocenters. The fraction of sp³-hybridized carbons (Fsp3) is 0.462. The van der Waals surface area contributed by atoms with Crippen molar-refractivity contribution in [3.8, 4) is 0 Å². The second-order valence-corrected chi connectivity index (χ2v) is 4.83. The monoisotopic (exact) mass is 267 g/mol. The predicted molar refractivity (Wildman–Crippen MR) is 69.3 cm³/mol.